The van der Waals surface area contributed by atoms with E-state index < -0.39 is 77.4 Å². The van der Waals surface area contributed by atoms with Gasteiger partial charge in [-0.2, -0.15) is 0 Å². The number of carbonyl (C=O) groups is 1. The molecule has 0 aliphatic carbocycles. The highest BCUT2D eigenvalue weighted by Gasteiger charge is 2.20. The Bertz CT molecular complexity index is 2770. The van der Waals surface area contributed by atoms with Crippen molar-refractivity contribution in [2.24, 2.45) is 0 Å². The second-order valence-electron chi connectivity index (χ2n) is 11.5. The van der Waals surface area contributed by atoms with Gasteiger partial charge in [0, 0.05) is 34.3 Å². The van der Waals surface area contributed by atoms with Crippen LogP contribution in [0, 0.1) is 0 Å². The lowest BCUT2D eigenvalue weighted by Crippen LogP contribution is -2.19. The van der Waals surface area contributed by atoms with Crippen LogP contribution < -0.4 is 20.1 Å². The average molecular weight is 813 g/mol. The standard InChI is InChI=1S/C33H26N4O13S4/c38-31-17-27(51(41,42)36-23-3-1-5-25(15-23)53(45,46)47)13-19-11-21(7-9-29(19)31)34-33(40)35-22-8-10-30-20(12-22)14-28(18-32(30)39)52(43,44)37-24-4-2-6-26(16-24)54(48,49)50/h1-18,36-39H,(H2,34,35,40)(H,45,46,47)(H,48,49,50)/p-2. The van der Waals surface area contributed by atoms with E-state index in [1.165, 1.54) is 72.8 Å². The number of nitrogens with one attached hydrogen (secondary N) is 4. The van der Waals surface area contributed by atoms with Crippen LogP contribution in [0.2, 0.25) is 0 Å². The quantitative estimate of drug-likeness (QED) is 0.104. The van der Waals surface area contributed by atoms with Crippen LogP contribution in [0.25, 0.3) is 21.5 Å². The van der Waals surface area contributed by atoms with Gasteiger partial charge in [0.1, 0.15) is 31.7 Å². The Hall–Kier alpha value is -5.97. The third-order valence-electron chi connectivity index (χ3n) is 7.69. The van der Waals surface area contributed by atoms with Crippen LogP contribution in [0.3, 0.4) is 0 Å². The zero-order valence-electron chi connectivity index (χ0n) is 26.9. The van der Waals surface area contributed by atoms with Crippen molar-refractivity contribution in [3.05, 3.63) is 109 Å². The van der Waals surface area contributed by atoms with Crippen molar-refractivity contribution >= 4 is 90.6 Å². The van der Waals surface area contributed by atoms with Crippen molar-refractivity contribution < 1.29 is 57.8 Å². The maximum absolute atomic E-state index is 13.1. The van der Waals surface area contributed by atoms with Crippen molar-refractivity contribution in [1.82, 2.24) is 0 Å². The fraction of sp³-hybridized carbons (Fsp3) is 0. The number of hydrogen-bond donors (Lipinski definition) is 6. The summed E-state index contributed by atoms with van der Waals surface area (Å²) in [5.41, 5.74) is -0.137. The van der Waals surface area contributed by atoms with Gasteiger partial charge in [-0.25, -0.2) is 38.5 Å². The summed E-state index contributed by atoms with van der Waals surface area (Å²) in [7, 11) is -18.6. The molecule has 6 rings (SSSR count). The molecule has 0 radical (unpaired) electrons. The predicted octanol–water partition coefficient (Wildman–Crippen LogP) is 4.46. The van der Waals surface area contributed by atoms with E-state index in [9.17, 15) is 57.8 Å². The molecule has 54 heavy (non-hydrogen) atoms. The molecule has 0 aliphatic heterocycles. The van der Waals surface area contributed by atoms with Crippen LogP contribution in [0.5, 0.6) is 11.5 Å². The summed E-state index contributed by atoms with van der Waals surface area (Å²) in [6.45, 7) is 0. The Morgan fingerprint density at radius 3 is 1.22 bits per heavy atom. The first-order chi connectivity index (χ1) is 25.2. The van der Waals surface area contributed by atoms with Gasteiger partial charge in [-0.15, -0.1) is 0 Å². The lowest BCUT2D eigenvalue weighted by Gasteiger charge is -2.14. The van der Waals surface area contributed by atoms with E-state index in [1.807, 2.05) is 0 Å². The van der Waals surface area contributed by atoms with E-state index in [0.29, 0.717) is 0 Å². The largest absolute Gasteiger partial charge is 0.744 e. The van der Waals surface area contributed by atoms with Crippen molar-refractivity contribution in [3.8, 4) is 11.5 Å². The van der Waals surface area contributed by atoms with Gasteiger partial charge in [-0.05, 0) is 95.7 Å². The topological polar surface area (TPSA) is 288 Å². The van der Waals surface area contributed by atoms with E-state index >= 15 is 0 Å². The first-order valence-corrected chi connectivity index (χ1v) is 20.8. The highest BCUT2D eigenvalue weighted by Crippen LogP contribution is 2.34. The van der Waals surface area contributed by atoms with E-state index in [-0.39, 0.29) is 44.3 Å². The Labute approximate surface area is 307 Å². The number of urea groups is 1. The van der Waals surface area contributed by atoms with Crippen LogP contribution in [-0.2, 0) is 40.3 Å². The van der Waals surface area contributed by atoms with Crippen molar-refractivity contribution in [2.45, 2.75) is 19.6 Å². The third-order valence-corrected chi connectivity index (χ3v) is 12.1. The zero-order valence-corrected chi connectivity index (χ0v) is 30.2. The van der Waals surface area contributed by atoms with Crippen LogP contribution in [-0.4, -0.2) is 59.0 Å². The molecular formula is C33H24N4O13S4-2. The number of amides is 2. The zero-order chi connectivity index (χ0) is 39.2. The second kappa shape index (κ2) is 13.8. The van der Waals surface area contributed by atoms with Crippen LogP contribution in [0.4, 0.5) is 27.5 Å². The second-order valence-corrected chi connectivity index (χ2v) is 17.6. The van der Waals surface area contributed by atoms with Gasteiger partial charge in [0.2, 0.25) is 0 Å². The summed E-state index contributed by atoms with van der Waals surface area (Å²) in [5.74, 6) is -0.862. The molecule has 0 saturated carbocycles. The van der Waals surface area contributed by atoms with E-state index in [4.69, 9.17) is 0 Å². The number of carbonyl (C=O) groups excluding carboxylic acids is 1. The number of anilines is 4. The minimum absolute atomic E-state index is 0.155. The fourth-order valence-corrected chi connectivity index (χ4v) is 8.50. The Balaban J connectivity index is 1.21. The van der Waals surface area contributed by atoms with Gasteiger partial charge >= 0.3 is 6.03 Å². The van der Waals surface area contributed by atoms with E-state index in [1.54, 1.807) is 0 Å². The molecule has 17 nitrogen and oxygen atoms in total. The van der Waals surface area contributed by atoms with Crippen molar-refractivity contribution in [1.29, 1.82) is 0 Å². The smallest absolute Gasteiger partial charge is 0.323 e. The number of sulfonamides is 2. The van der Waals surface area contributed by atoms with Crippen LogP contribution in [0.15, 0.2) is 129 Å². The van der Waals surface area contributed by atoms with Crippen molar-refractivity contribution in [3.63, 3.8) is 0 Å². The minimum Gasteiger partial charge on any atom is -0.744 e. The highest BCUT2D eigenvalue weighted by atomic mass is 32.2. The molecule has 0 unspecified atom stereocenters. The molecule has 6 N–H and O–H groups in total. The number of phenolic OH excluding ortho intramolecular Hbond substituents is 2. The van der Waals surface area contributed by atoms with Crippen LogP contribution in [0.1, 0.15) is 0 Å². The molecule has 0 bridgehead atoms. The number of rotatable bonds is 10. The first kappa shape index (κ1) is 37.8. The number of phenols is 2. The van der Waals surface area contributed by atoms with Gasteiger partial charge in [0.25, 0.3) is 20.0 Å². The number of fused-ring (bicyclic) bond motifs is 2. The number of aromatic hydroxyl groups is 2. The molecule has 0 aliphatic rings. The minimum atomic E-state index is -4.87. The monoisotopic (exact) mass is 812 g/mol. The molecular weight excluding hydrogens is 789 g/mol. The summed E-state index contributed by atoms with van der Waals surface area (Å²) in [6, 6.07) is 20.4. The SMILES string of the molecule is O=C(Nc1ccc2c(O)cc(S(=O)(=O)Nc3cccc(S(=O)(=O)[O-])c3)cc2c1)Nc1ccc2c(O)cc(S(=O)(=O)Nc3cccc(S(=O)(=O)[O-])c3)cc2c1. The summed E-state index contributed by atoms with van der Waals surface area (Å²) < 4.78 is 125. The number of hydrogen-bond acceptors (Lipinski definition) is 13. The van der Waals surface area contributed by atoms with Gasteiger partial charge in [-0.3, -0.25) is 9.44 Å². The molecule has 0 atom stereocenters. The number of benzene rings is 6. The summed E-state index contributed by atoms with van der Waals surface area (Å²) in [4.78, 5) is 10.8. The molecule has 0 aromatic heterocycles. The molecule has 0 spiro atoms. The maximum Gasteiger partial charge on any atom is 0.323 e. The molecule has 6 aromatic rings. The summed E-state index contributed by atoms with van der Waals surface area (Å²) in [5, 5.41) is 27.1. The van der Waals surface area contributed by atoms with E-state index in [2.05, 4.69) is 20.1 Å². The van der Waals surface area contributed by atoms with Gasteiger partial charge in [0.05, 0.1) is 31.0 Å². The lowest BCUT2D eigenvalue weighted by atomic mass is 10.1. The Kier molecular flexibility index (Phi) is 9.64. The normalized spacial score (nSPS) is 12.3. The van der Waals surface area contributed by atoms with Crippen molar-refractivity contribution in [2.75, 3.05) is 20.1 Å². The van der Waals surface area contributed by atoms with Gasteiger partial charge in [-0.1, -0.05) is 12.1 Å². The molecule has 280 valence electrons. The average Bonchev–Trinajstić information content (AvgIpc) is 3.07. The Morgan fingerprint density at radius 1 is 0.463 bits per heavy atom. The Morgan fingerprint density at radius 2 is 0.852 bits per heavy atom. The molecule has 6 aromatic carbocycles. The summed E-state index contributed by atoms with van der Waals surface area (Å²) >= 11 is 0. The van der Waals surface area contributed by atoms with E-state index in [0.717, 1.165) is 36.4 Å². The maximum atomic E-state index is 13.1. The molecule has 21 heteroatoms. The summed E-state index contributed by atoms with van der Waals surface area (Å²) in [6.07, 6.45) is 0. The van der Waals surface area contributed by atoms with Gasteiger partial charge in [0.15, 0.2) is 0 Å². The fourth-order valence-electron chi connectivity index (χ4n) is 5.26. The first-order valence-electron chi connectivity index (χ1n) is 15.0. The molecule has 0 heterocycles. The lowest BCUT2D eigenvalue weighted by molar-refractivity contribution is 0.262. The predicted molar refractivity (Wildman–Crippen MR) is 194 cm³/mol. The third kappa shape index (κ3) is 8.30. The van der Waals surface area contributed by atoms with Crippen LogP contribution >= 0.6 is 0 Å². The molecule has 2 amide bonds. The van der Waals surface area contributed by atoms with Gasteiger partial charge < -0.3 is 30.0 Å². The highest BCUT2D eigenvalue weighted by molar-refractivity contribution is 7.93. The molecule has 0 saturated heterocycles. The molecule has 0 fully saturated rings.